The minimum absolute atomic E-state index is 0. The fourth-order valence-electron chi connectivity index (χ4n) is 8.76. The maximum Gasteiger partial charge on any atom is 0.408 e. The highest BCUT2D eigenvalue weighted by atomic mass is 19.1. The molecule has 0 aromatic heterocycles. The molecule has 2 aromatic rings. The Kier molecular flexibility index (Phi) is 34.6. The lowest BCUT2D eigenvalue weighted by molar-refractivity contribution is -0.137. The molecule has 5 N–H and O–H groups in total. The highest BCUT2D eigenvalue weighted by Gasteiger charge is 2.37. The number of piperazine rings is 2. The Hall–Kier alpha value is -5.42. The van der Waals surface area contributed by atoms with E-state index < -0.39 is 29.6 Å². The van der Waals surface area contributed by atoms with Crippen molar-refractivity contribution >= 4 is 41.9 Å². The molecule has 74 heavy (non-hydrogen) atoms. The van der Waals surface area contributed by atoms with Crippen LogP contribution in [0, 0.1) is 30.0 Å². The number of halogens is 1. The molecule has 2 aromatic carbocycles. The number of aliphatic carboxylic acids is 1. The van der Waals surface area contributed by atoms with E-state index in [1.165, 1.54) is 25.3 Å². The maximum absolute atomic E-state index is 13.7. The Morgan fingerprint density at radius 2 is 1.34 bits per heavy atom. The van der Waals surface area contributed by atoms with E-state index in [9.17, 15) is 28.4 Å². The van der Waals surface area contributed by atoms with E-state index in [4.69, 9.17) is 25.8 Å². The van der Waals surface area contributed by atoms with E-state index >= 15 is 0 Å². The second-order valence-corrected chi connectivity index (χ2v) is 19.6. The van der Waals surface area contributed by atoms with Crippen LogP contribution in [0.3, 0.4) is 0 Å². The molecule has 17 heteroatoms. The Morgan fingerprint density at radius 3 is 1.82 bits per heavy atom. The van der Waals surface area contributed by atoms with E-state index in [1.807, 2.05) is 58.3 Å². The largest absolute Gasteiger partial charge is 0.481 e. The Bertz CT molecular complexity index is 1960. The number of carbonyl (C=O) groups is 6. The number of nitrogens with zero attached hydrogens (tertiary/aromatic N) is 5. The molecule has 1 atom stereocenters. The first kappa shape index (κ1) is 68.6. The molecule has 4 fully saturated rings. The molecule has 0 spiro atoms. The van der Waals surface area contributed by atoms with Crippen LogP contribution in [0.2, 0.25) is 0 Å². The van der Waals surface area contributed by atoms with Crippen LogP contribution in [-0.2, 0) is 30.3 Å². The van der Waals surface area contributed by atoms with Gasteiger partial charge in [0.1, 0.15) is 17.5 Å². The standard InChI is InChI=1S/C30H52N6O5.C16H15FN2O.C4H10.C2H4O2.2C2H6.CH4/c1-30(2,3)41-29(40)31-27(25-7-5-4-6-8-25)28(39)36-11-9-24(10-12-36)21-32-13-15-33(16-14-32)22-26(38)35-19-17-34(23-37)18-20-35;1-10-8-11(6-7-14(10)17)9-15(18)12-4-2-3-5-13(12)16(19)20;1-3-4-2;1-2(3)4;2*1-2;/h23-25,27H,4-22H2,1-3H3,(H,31,40);2-8,18H,9H2,1H3,(H2,19,20);3-4H2,1-2H3;1H3,(H,3,4);2*1-2H3;1H4. The van der Waals surface area contributed by atoms with E-state index in [0.29, 0.717) is 61.8 Å². The van der Waals surface area contributed by atoms with Crippen molar-refractivity contribution < 1.29 is 43.0 Å². The van der Waals surface area contributed by atoms with Crippen molar-refractivity contribution in [1.29, 1.82) is 5.41 Å². The van der Waals surface area contributed by atoms with Crippen LogP contribution < -0.4 is 11.1 Å². The van der Waals surface area contributed by atoms with E-state index in [2.05, 4.69) is 29.0 Å². The van der Waals surface area contributed by atoms with Crippen molar-refractivity contribution in [2.24, 2.45) is 17.6 Å². The predicted octanol–water partition coefficient (Wildman–Crippen LogP) is 9.05. The van der Waals surface area contributed by atoms with Crippen LogP contribution in [0.15, 0.2) is 42.5 Å². The number of likely N-dealkylation sites (tertiary alicyclic amines) is 1. The molecule has 1 aliphatic carbocycles. The van der Waals surface area contributed by atoms with E-state index in [1.54, 1.807) is 48.2 Å². The third-order valence-corrected chi connectivity index (χ3v) is 12.8. The number of carboxylic acid groups (broad SMARTS) is 1. The lowest BCUT2D eigenvalue weighted by Crippen LogP contribution is -2.56. The van der Waals surface area contributed by atoms with Crippen molar-refractivity contribution in [3.05, 3.63) is 70.5 Å². The zero-order valence-corrected chi connectivity index (χ0v) is 46.4. The summed E-state index contributed by atoms with van der Waals surface area (Å²) in [5.41, 5.74) is 7.20. The fourth-order valence-corrected chi connectivity index (χ4v) is 8.76. The van der Waals surface area contributed by atoms with Crippen LogP contribution in [0.4, 0.5) is 9.18 Å². The van der Waals surface area contributed by atoms with Crippen LogP contribution in [0.1, 0.15) is 161 Å². The molecule has 1 unspecified atom stereocenters. The summed E-state index contributed by atoms with van der Waals surface area (Å²) >= 11 is 0. The first-order valence-electron chi connectivity index (χ1n) is 26.9. The van der Waals surface area contributed by atoms with Crippen molar-refractivity contribution in [3.8, 4) is 0 Å². The summed E-state index contributed by atoms with van der Waals surface area (Å²) in [6.45, 7) is 29.8. The maximum atomic E-state index is 13.7. The number of aryl methyl sites for hydroxylation is 1. The predicted molar refractivity (Wildman–Crippen MR) is 296 cm³/mol. The van der Waals surface area contributed by atoms with Gasteiger partial charge in [-0.3, -0.25) is 28.9 Å². The van der Waals surface area contributed by atoms with E-state index in [-0.39, 0.29) is 36.7 Å². The number of carbonyl (C=O) groups excluding carboxylic acids is 5. The molecule has 420 valence electrons. The second kappa shape index (κ2) is 37.3. The van der Waals surface area contributed by atoms with Crippen molar-refractivity contribution in [2.45, 2.75) is 159 Å². The van der Waals surface area contributed by atoms with Gasteiger partial charge < -0.3 is 45.9 Å². The number of carboxylic acids is 1. The van der Waals surface area contributed by atoms with Gasteiger partial charge in [0.2, 0.25) is 24.1 Å². The molecule has 1 saturated carbocycles. The molecule has 6 rings (SSSR count). The first-order valence-corrected chi connectivity index (χ1v) is 26.9. The molecule has 4 aliphatic rings. The van der Waals surface area contributed by atoms with Gasteiger partial charge in [-0.2, -0.15) is 0 Å². The summed E-state index contributed by atoms with van der Waals surface area (Å²) in [4.78, 5) is 80.6. The number of rotatable bonds is 13. The van der Waals surface area contributed by atoms with Crippen LogP contribution >= 0.6 is 0 Å². The molecule has 5 amide bonds. The van der Waals surface area contributed by atoms with Gasteiger partial charge in [-0.15, -0.1) is 0 Å². The van der Waals surface area contributed by atoms with Crippen molar-refractivity contribution in [1.82, 2.24) is 29.8 Å². The molecule has 3 saturated heterocycles. The van der Waals surface area contributed by atoms with Gasteiger partial charge in [-0.25, -0.2) is 9.18 Å². The molecule has 0 bridgehead atoms. The van der Waals surface area contributed by atoms with Gasteiger partial charge in [0.05, 0.1) is 6.54 Å². The number of piperidine rings is 1. The molecular formula is C57H97FN8O8. The number of nitrogens with one attached hydrogen (secondary N) is 2. The van der Waals surface area contributed by atoms with Gasteiger partial charge in [-0.05, 0) is 88.5 Å². The van der Waals surface area contributed by atoms with E-state index in [0.717, 1.165) is 103 Å². The average Bonchev–Trinajstić information content (AvgIpc) is 3.38. The number of benzene rings is 2. The molecule has 16 nitrogen and oxygen atoms in total. The third kappa shape index (κ3) is 26.2. The zero-order valence-electron chi connectivity index (χ0n) is 46.4. The summed E-state index contributed by atoms with van der Waals surface area (Å²) in [5.74, 6) is -0.724. The SMILES string of the molecule is C.CC.CC.CC(=O)O.CC(C)(C)OC(=O)NC(C(=O)N1CCC(CN2CCN(CC(=O)N3CCN(C=O)CC3)CC2)CC1)C1CCCCC1.CCCC.Cc1cc(CC(=N)c2ccccc2C(N)=O)ccc1F. The quantitative estimate of drug-likeness (QED) is 0.110. The van der Waals surface area contributed by atoms with Crippen molar-refractivity contribution in [2.75, 3.05) is 78.5 Å². The van der Waals surface area contributed by atoms with Gasteiger partial charge >= 0.3 is 6.09 Å². The molecular weight excluding hydrogens is 944 g/mol. The zero-order chi connectivity index (χ0) is 55.1. The Balaban J connectivity index is 0.00000134. The highest BCUT2D eigenvalue weighted by molar-refractivity contribution is 6.09. The number of hydrogen-bond acceptors (Lipinski definition) is 10. The fraction of sp³-hybridized carbons (Fsp3) is 0.667. The molecule has 0 radical (unpaired) electrons. The Morgan fingerprint density at radius 1 is 0.811 bits per heavy atom. The summed E-state index contributed by atoms with van der Waals surface area (Å²) in [5, 5.41) is 18.5. The van der Waals surface area contributed by atoms with Crippen LogP contribution in [-0.4, -0.2) is 162 Å². The lowest BCUT2D eigenvalue weighted by atomic mass is 9.83. The second-order valence-electron chi connectivity index (χ2n) is 19.6. The average molecular weight is 1040 g/mol. The lowest BCUT2D eigenvalue weighted by Gasteiger charge is -2.40. The number of alkyl carbamates (subject to hydrolysis) is 1. The van der Waals surface area contributed by atoms with Gasteiger partial charge in [-0.1, -0.05) is 111 Å². The monoisotopic (exact) mass is 1040 g/mol. The number of ether oxygens (including phenoxy) is 1. The summed E-state index contributed by atoms with van der Waals surface area (Å²) in [6.07, 6.45) is 10.6. The van der Waals surface area contributed by atoms with Gasteiger partial charge in [0.15, 0.2) is 0 Å². The Labute approximate surface area is 444 Å². The topological polar surface area (TPSA) is 210 Å². The summed E-state index contributed by atoms with van der Waals surface area (Å²) in [6, 6.07) is 11.0. The first-order chi connectivity index (χ1) is 34.7. The molecule has 3 aliphatic heterocycles. The number of nitrogens with two attached hydrogens (primary N) is 1. The van der Waals surface area contributed by atoms with Crippen molar-refractivity contribution in [3.63, 3.8) is 0 Å². The summed E-state index contributed by atoms with van der Waals surface area (Å²) < 4.78 is 18.7. The molecule has 3 heterocycles. The normalized spacial score (nSPS) is 16.6. The number of primary amides is 1. The highest BCUT2D eigenvalue weighted by Crippen LogP contribution is 2.29. The summed E-state index contributed by atoms with van der Waals surface area (Å²) in [7, 11) is 0. The van der Waals surface area contributed by atoms with Crippen LogP contribution in [0.5, 0.6) is 0 Å². The number of hydrogen-bond donors (Lipinski definition) is 4. The third-order valence-electron chi connectivity index (χ3n) is 12.8. The minimum Gasteiger partial charge on any atom is -0.481 e. The smallest absolute Gasteiger partial charge is 0.408 e. The number of amides is 5. The minimum atomic E-state index is -0.833. The van der Waals surface area contributed by atoms with Crippen LogP contribution in [0.25, 0.3) is 0 Å². The van der Waals surface area contributed by atoms with Gasteiger partial charge in [0.25, 0.3) is 5.97 Å². The number of unbranched alkanes of at least 4 members (excludes halogenated alkanes) is 1. The van der Waals surface area contributed by atoms with Gasteiger partial charge in [0, 0.05) is 102 Å².